The Kier molecular flexibility index (Phi) is 10.4. The lowest BCUT2D eigenvalue weighted by Gasteiger charge is -2.33. The van der Waals surface area contributed by atoms with Crippen molar-refractivity contribution in [1.82, 2.24) is 5.32 Å². The normalized spacial score (nSPS) is 16.6. The molecule has 0 aromatic heterocycles. The van der Waals surface area contributed by atoms with Gasteiger partial charge in [-0.15, -0.1) is 0 Å². The molecule has 0 amide bonds. The van der Waals surface area contributed by atoms with Crippen LogP contribution in [-0.4, -0.2) is 43.5 Å². The second-order valence-electron chi connectivity index (χ2n) is 9.04. The van der Waals surface area contributed by atoms with Crippen LogP contribution < -0.4 is 19.7 Å². The minimum absolute atomic E-state index is 0.186. The van der Waals surface area contributed by atoms with Gasteiger partial charge in [-0.3, -0.25) is 0 Å². The summed E-state index contributed by atoms with van der Waals surface area (Å²) < 4.78 is 11.8. The third kappa shape index (κ3) is 8.49. The number of aromatic hydroxyl groups is 1. The number of benzene rings is 3. The van der Waals surface area contributed by atoms with E-state index in [2.05, 4.69) is 10.2 Å². The number of piperidine rings is 2. The molecule has 0 aliphatic carbocycles. The van der Waals surface area contributed by atoms with E-state index in [1.807, 2.05) is 24.3 Å². The lowest BCUT2D eigenvalue weighted by atomic mass is 10.1. The van der Waals surface area contributed by atoms with Gasteiger partial charge in [0.2, 0.25) is 0 Å². The minimum atomic E-state index is 0.186. The van der Waals surface area contributed by atoms with Crippen molar-refractivity contribution < 1.29 is 14.6 Å². The van der Waals surface area contributed by atoms with Gasteiger partial charge < -0.3 is 24.8 Å². The molecule has 2 aliphatic rings. The van der Waals surface area contributed by atoms with Crippen LogP contribution in [0.5, 0.6) is 17.2 Å². The minimum Gasteiger partial charge on any atom is -0.508 e. The van der Waals surface area contributed by atoms with Gasteiger partial charge in [0.15, 0.2) is 0 Å². The van der Waals surface area contributed by atoms with Gasteiger partial charge in [-0.25, -0.2) is 0 Å². The first-order valence-corrected chi connectivity index (χ1v) is 13.9. The Morgan fingerprint density at radius 2 is 1.14 bits per heavy atom. The maximum absolute atomic E-state index is 9.34. The number of ether oxygens (including phenoxy) is 2. The van der Waals surface area contributed by atoms with E-state index in [9.17, 15) is 5.11 Å². The second-order valence-corrected chi connectivity index (χ2v) is 10.7. The maximum atomic E-state index is 9.34. The van der Waals surface area contributed by atoms with E-state index < -0.39 is 0 Å². The van der Waals surface area contributed by atoms with Gasteiger partial charge in [-0.1, -0.05) is 46.4 Å². The predicted octanol–water partition coefficient (Wildman–Crippen LogP) is 7.87. The number of nitrogens with one attached hydrogen (secondary N) is 1. The summed E-state index contributed by atoms with van der Waals surface area (Å²) in [5, 5.41) is 14.8. The number of phenols is 1. The molecule has 2 aliphatic heterocycles. The van der Waals surface area contributed by atoms with Crippen LogP contribution >= 0.6 is 46.4 Å². The second kappa shape index (κ2) is 13.7. The number of phenolic OH excluding ortho intramolecular Hbond substituents is 1. The quantitative estimate of drug-likeness (QED) is 0.320. The summed E-state index contributed by atoms with van der Waals surface area (Å²) in [5.74, 6) is 1.86. The fraction of sp³-hybridized carbons (Fsp3) is 0.357. The molecule has 0 unspecified atom stereocenters. The largest absolute Gasteiger partial charge is 0.508 e. The summed E-state index contributed by atoms with van der Waals surface area (Å²) >= 11 is 23.6. The first-order chi connectivity index (χ1) is 17.9. The molecule has 3 aromatic carbocycles. The molecule has 5 nitrogen and oxygen atoms in total. The molecule has 3 aromatic rings. The first-order valence-electron chi connectivity index (χ1n) is 12.4. The molecule has 9 heteroatoms. The van der Waals surface area contributed by atoms with E-state index >= 15 is 0 Å². The van der Waals surface area contributed by atoms with Crippen LogP contribution in [-0.2, 0) is 0 Å². The molecule has 2 N–H and O–H groups in total. The Bertz CT molecular complexity index is 1150. The summed E-state index contributed by atoms with van der Waals surface area (Å²) in [4.78, 5) is 2.30. The zero-order valence-electron chi connectivity index (χ0n) is 20.3. The Balaban J connectivity index is 0.000000186. The van der Waals surface area contributed by atoms with Crippen molar-refractivity contribution >= 4 is 52.1 Å². The van der Waals surface area contributed by atoms with Gasteiger partial charge in [0.25, 0.3) is 0 Å². The molecular weight excluding hydrogens is 554 g/mol. The predicted molar refractivity (Wildman–Crippen MR) is 153 cm³/mol. The number of halogens is 4. The number of hydrogen-bond acceptors (Lipinski definition) is 5. The molecule has 0 spiro atoms. The summed E-state index contributed by atoms with van der Waals surface area (Å²) in [7, 11) is 0. The highest BCUT2D eigenvalue weighted by Crippen LogP contribution is 2.30. The highest BCUT2D eigenvalue weighted by molar-refractivity contribution is 6.42. The van der Waals surface area contributed by atoms with Crippen molar-refractivity contribution in [3.05, 3.63) is 80.8 Å². The Morgan fingerprint density at radius 3 is 1.62 bits per heavy atom. The third-order valence-electron chi connectivity index (χ3n) is 6.33. The van der Waals surface area contributed by atoms with E-state index in [1.54, 1.807) is 36.4 Å². The van der Waals surface area contributed by atoms with Crippen molar-refractivity contribution in [1.29, 1.82) is 0 Å². The third-order valence-corrected chi connectivity index (χ3v) is 7.81. The summed E-state index contributed by atoms with van der Waals surface area (Å²) in [6, 6.07) is 18.1. The van der Waals surface area contributed by atoms with Crippen molar-refractivity contribution in [3.8, 4) is 17.2 Å². The fourth-order valence-corrected chi connectivity index (χ4v) is 4.87. The van der Waals surface area contributed by atoms with Crippen molar-refractivity contribution in [3.63, 3.8) is 0 Å². The van der Waals surface area contributed by atoms with E-state index in [0.717, 1.165) is 69.0 Å². The first kappa shape index (κ1) is 28.0. The molecule has 0 radical (unpaired) electrons. The summed E-state index contributed by atoms with van der Waals surface area (Å²) in [6.07, 6.45) is 4.46. The molecule has 2 saturated heterocycles. The average molecular weight is 584 g/mol. The van der Waals surface area contributed by atoms with Gasteiger partial charge in [0.1, 0.15) is 29.5 Å². The molecule has 0 atom stereocenters. The van der Waals surface area contributed by atoms with E-state index in [0.29, 0.717) is 31.9 Å². The molecular formula is C28H30Cl4N2O3. The van der Waals surface area contributed by atoms with Gasteiger partial charge in [-0.2, -0.15) is 0 Å². The van der Waals surface area contributed by atoms with Gasteiger partial charge in [0, 0.05) is 43.8 Å². The van der Waals surface area contributed by atoms with Crippen LogP contribution in [0.1, 0.15) is 25.7 Å². The topological polar surface area (TPSA) is 54.0 Å². The highest BCUT2D eigenvalue weighted by Gasteiger charge is 2.21. The van der Waals surface area contributed by atoms with Gasteiger partial charge >= 0.3 is 0 Å². The number of rotatable bonds is 5. The number of hydrogen-bond donors (Lipinski definition) is 2. The van der Waals surface area contributed by atoms with Crippen molar-refractivity contribution in [2.24, 2.45) is 0 Å². The van der Waals surface area contributed by atoms with Crippen molar-refractivity contribution in [2.45, 2.75) is 37.9 Å². The van der Waals surface area contributed by atoms with E-state index in [4.69, 9.17) is 55.9 Å². The van der Waals surface area contributed by atoms with Crippen LogP contribution in [0.2, 0.25) is 20.1 Å². The molecule has 0 bridgehead atoms. The lowest BCUT2D eigenvalue weighted by molar-refractivity contribution is 0.162. The average Bonchev–Trinajstić information content (AvgIpc) is 2.90. The Morgan fingerprint density at radius 1 is 0.649 bits per heavy atom. The fourth-order valence-electron chi connectivity index (χ4n) is 4.29. The lowest BCUT2D eigenvalue weighted by Crippen LogP contribution is -2.38. The van der Waals surface area contributed by atoms with Crippen molar-refractivity contribution in [2.75, 3.05) is 31.1 Å². The summed E-state index contributed by atoms with van der Waals surface area (Å²) in [5.41, 5.74) is 1.13. The Hall–Kier alpha value is -2.02. The zero-order valence-corrected chi connectivity index (χ0v) is 23.3. The molecule has 5 rings (SSSR count). The van der Waals surface area contributed by atoms with Crippen LogP contribution in [0.15, 0.2) is 60.7 Å². The molecule has 2 fully saturated rings. The van der Waals surface area contributed by atoms with E-state index in [-0.39, 0.29) is 6.10 Å². The maximum Gasteiger partial charge on any atom is 0.121 e. The highest BCUT2D eigenvalue weighted by atomic mass is 35.5. The van der Waals surface area contributed by atoms with Crippen LogP contribution in [0.25, 0.3) is 0 Å². The van der Waals surface area contributed by atoms with Gasteiger partial charge in [-0.05, 0) is 74.5 Å². The summed E-state index contributed by atoms with van der Waals surface area (Å²) in [6.45, 7) is 3.89. The number of anilines is 1. The number of nitrogens with zero attached hydrogens (tertiary/aromatic N) is 1. The standard InChI is InChI=1S/C17H17Cl2NO2.C11H13Cl2NO/c18-16-6-5-15(11-17(16)19)22-14-7-9-20(10-8-14)12-1-3-13(21)4-2-12;12-10-2-1-9(7-11(10)13)15-8-3-5-14-6-4-8/h1-6,11,14,21H,7-10H2;1-2,7-8,14H,3-6H2. The van der Waals surface area contributed by atoms with Crippen LogP contribution in [0.4, 0.5) is 5.69 Å². The van der Waals surface area contributed by atoms with Crippen LogP contribution in [0.3, 0.4) is 0 Å². The van der Waals surface area contributed by atoms with Gasteiger partial charge in [0.05, 0.1) is 20.1 Å². The zero-order chi connectivity index (χ0) is 26.2. The SMILES string of the molecule is Clc1ccc(OC2CCNCC2)cc1Cl.Oc1ccc(N2CCC(Oc3ccc(Cl)c(Cl)c3)CC2)cc1. The van der Waals surface area contributed by atoms with E-state index in [1.165, 1.54) is 0 Å². The monoisotopic (exact) mass is 582 g/mol. The molecule has 198 valence electrons. The Labute approximate surface area is 238 Å². The molecule has 2 heterocycles. The molecule has 0 saturated carbocycles. The smallest absolute Gasteiger partial charge is 0.121 e. The van der Waals surface area contributed by atoms with Crippen LogP contribution in [0, 0.1) is 0 Å². The molecule has 37 heavy (non-hydrogen) atoms.